The Labute approximate surface area is 115 Å². The van der Waals surface area contributed by atoms with Gasteiger partial charge in [-0.2, -0.15) is 0 Å². The Hall–Kier alpha value is -1.36. The molecule has 0 radical (unpaired) electrons. The molecule has 2 N–H and O–H groups in total. The molecule has 1 unspecified atom stereocenters. The summed E-state index contributed by atoms with van der Waals surface area (Å²) >= 11 is 0. The van der Waals surface area contributed by atoms with E-state index in [1.54, 1.807) is 0 Å². The molecule has 1 atom stereocenters. The van der Waals surface area contributed by atoms with Crippen molar-refractivity contribution in [2.75, 3.05) is 44.4 Å². The van der Waals surface area contributed by atoms with Crippen LogP contribution in [0.4, 0.5) is 11.6 Å². The number of hydrogen-bond donors (Lipinski definition) is 1. The van der Waals surface area contributed by atoms with Crippen molar-refractivity contribution in [1.82, 2.24) is 14.9 Å². The molecule has 0 aliphatic carbocycles. The normalized spacial score (nSPS) is 19.9. The monoisotopic (exact) mass is 263 g/mol. The summed E-state index contributed by atoms with van der Waals surface area (Å²) in [7, 11) is 4.29. The molecule has 5 nitrogen and oxygen atoms in total. The first kappa shape index (κ1) is 14.1. The van der Waals surface area contributed by atoms with Crippen LogP contribution in [-0.4, -0.2) is 48.6 Å². The van der Waals surface area contributed by atoms with Crippen molar-refractivity contribution in [3.63, 3.8) is 0 Å². The minimum absolute atomic E-state index is 0.609. The van der Waals surface area contributed by atoms with E-state index in [9.17, 15) is 0 Å². The first-order valence-electron chi connectivity index (χ1n) is 7.04. The van der Waals surface area contributed by atoms with Crippen LogP contribution < -0.4 is 10.6 Å². The minimum atomic E-state index is 0.609. The van der Waals surface area contributed by atoms with Crippen molar-refractivity contribution in [2.45, 2.75) is 26.7 Å². The Balaban J connectivity index is 2.14. The molecule has 1 saturated heterocycles. The Kier molecular flexibility index (Phi) is 4.24. The molecule has 5 heteroatoms. The van der Waals surface area contributed by atoms with Crippen LogP contribution in [0.2, 0.25) is 0 Å². The molecular weight excluding hydrogens is 238 g/mol. The van der Waals surface area contributed by atoms with Gasteiger partial charge in [-0.3, -0.25) is 0 Å². The largest absolute Gasteiger partial charge is 0.383 e. The topological polar surface area (TPSA) is 58.3 Å². The van der Waals surface area contributed by atoms with Crippen LogP contribution in [0.15, 0.2) is 0 Å². The SMILES string of the molecule is CCc1nc(N)c(C)c(N(C)CC2CCN(C)C2)n1. The summed E-state index contributed by atoms with van der Waals surface area (Å²) in [5, 5.41) is 0. The van der Waals surface area contributed by atoms with Crippen molar-refractivity contribution in [3.05, 3.63) is 11.4 Å². The quantitative estimate of drug-likeness (QED) is 0.888. The first-order valence-corrected chi connectivity index (χ1v) is 7.04. The zero-order chi connectivity index (χ0) is 14.0. The molecule has 0 amide bonds. The Morgan fingerprint density at radius 1 is 1.42 bits per heavy atom. The van der Waals surface area contributed by atoms with E-state index in [1.807, 2.05) is 6.92 Å². The highest BCUT2D eigenvalue weighted by Gasteiger charge is 2.22. The maximum absolute atomic E-state index is 5.98. The molecule has 1 aliphatic rings. The van der Waals surface area contributed by atoms with Crippen molar-refractivity contribution in [3.8, 4) is 0 Å². The van der Waals surface area contributed by atoms with E-state index < -0.39 is 0 Å². The van der Waals surface area contributed by atoms with Gasteiger partial charge in [-0.25, -0.2) is 9.97 Å². The summed E-state index contributed by atoms with van der Waals surface area (Å²) in [5.74, 6) is 3.14. The summed E-state index contributed by atoms with van der Waals surface area (Å²) in [4.78, 5) is 13.6. The number of likely N-dealkylation sites (tertiary alicyclic amines) is 1. The van der Waals surface area contributed by atoms with Gasteiger partial charge in [0.1, 0.15) is 17.5 Å². The summed E-state index contributed by atoms with van der Waals surface area (Å²) in [6.45, 7) is 7.46. The molecule has 2 rings (SSSR count). The smallest absolute Gasteiger partial charge is 0.137 e. The number of anilines is 2. The molecule has 19 heavy (non-hydrogen) atoms. The van der Waals surface area contributed by atoms with Crippen LogP contribution in [0.25, 0.3) is 0 Å². The van der Waals surface area contributed by atoms with Crippen molar-refractivity contribution in [2.24, 2.45) is 5.92 Å². The van der Waals surface area contributed by atoms with Crippen LogP contribution in [0, 0.1) is 12.8 Å². The zero-order valence-corrected chi connectivity index (χ0v) is 12.5. The van der Waals surface area contributed by atoms with E-state index in [1.165, 1.54) is 19.5 Å². The first-order chi connectivity index (χ1) is 9.01. The van der Waals surface area contributed by atoms with Gasteiger partial charge in [0.2, 0.25) is 0 Å². The molecular formula is C14H25N5. The van der Waals surface area contributed by atoms with Crippen molar-refractivity contribution in [1.29, 1.82) is 0 Å². The highest BCUT2D eigenvalue weighted by atomic mass is 15.2. The number of nitrogens with zero attached hydrogens (tertiary/aromatic N) is 4. The van der Waals surface area contributed by atoms with E-state index in [-0.39, 0.29) is 0 Å². The lowest BCUT2D eigenvalue weighted by atomic mass is 10.1. The fourth-order valence-corrected chi connectivity index (χ4v) is 2.75. The highest BCUT2D eigenvalue weighted by Crippen LogP contribution is 2.23. The second-order valence-corrected chi connectivity index (χ2v) is 5.62. The Morgan fingerprint density at radius 3 is 2.74 bits per heavy atom. The average molecular weight is 263 g/mol. The maximum atomic E-state index is 5.98. The van der Waals surface area contributed by atoms with Gasteiger partial charge in [-0.05, 0) is 32.9 Å². The fourth-order valence-electron chi connectivity index (χ4n) is 2.75. The van der Waals surface area contributed by atoms with Crippen LogP contribution >= 0.6 is 0 Å². The molecule has 106 valence electrons. The summed E-state index contributed by atoms with van der Waals surface area (Å²) in [6, 6.07) is 0. The highest BCUT2D eigenvalue weighted by molar-refractivity contribution is 5.56. The summed E-state index contributed by atoms with van der Waals surface area (Å²) in [6.07, 6.45) is 2.08. The van der Waals surface area contributed by atoms with Gasteiger partial charge in [0.25, 0.3) is 0 Å². The van der Waals surface area contributed by atoms with Gasteiger partial charge in [-0.15, -0.1) is 0 Å². The third-order valence-electron chi connectivity index (χ3n) is 3.90. The summed E-state index contributed by atoms with van der Waals surface area (Å²) in [5.41, 5.74) is 6.97. The maximum Gasteiger partial charge on any atom is 0.137 e. The predicted octanol–water partition coefficient (Wildman–Crippen LogP) is 1.32. The number of rotatable bonds is 4. The lowest BCUT2D eigenvalue weighted by molar-refractivity contribution is 0.395. The van der Waals surface area contributed by atoms with Gasteiger partial charge < -0.3 is 15.5 Å². The molecule has 0 saturated carbocycles. The van der Waals surface area contributed by atoms with Crippen molar-refractivity contribution >= 4 is 11.6 Å². The molecule has 0 bridgehead atoms. The molecule has 1 fully saturated rings. The minimum Gasteiger partial charge on any atom is -0.383 e. The lowest BCUT2D eigenvalue weighted by Crippen LogP contribution is -2.29. The third kappa shape index (κ3) is 3.15. The second-order valence-electron chi connectivity index (χ2n) is 5.62. The van der Waals surface area contributed by atoms with Gasteiger partial charge >= 0.3 is 0 Å². The van der Waals surface area contributed by atoms with Gasteiger partial charge in [0, 0.05) is 32.1 Å². The fraction of sp³-hybridized carbons (Fsp3) is 0.714. The van der Waals surface area contributed by atoms with Crippen LogP contribution in [0.5, 0.6) is 0 Å². The van der Waals surface area contributed by atoms with E-state index in [0.29, 0.717) is 5.82 Å². The Bertz CT molecular complexity index is 446. The van der Waals surface area contributed by atoms with Crippen molar-refractivity contribution < 1.29 is 0 Å². The lowest BCUT2D eigenvalue weighted by Gasteiger charge is -2.24. The predicted molar refractivity (Wildman–Crippen MR) is 79.4 cm³/mol. The zero-order valence-electron chi connectivity index (χ0n) is 12.5. The number of hydrogen-bond acceptors (Lipinski definition) is 5. The van der Waals surface area contributed by atoms with E-state index in [0.717, 1.165) is 36.1 Å². The standard InChI is InChI=1S/C14H25N5/c1-5-12-16-13(15)10(2)14(17-12)19(4)9-11-6-7-18(3)8-11/h11H,5-9H2,1-4H3,(H2,15,16,17). The molecule has 1 aromatic heterocycles. The molecule has 1 aliphatic heterocycles. The van der Waals surface area contributed by atoms with Crippen LogP contribution in [0.1, 0.15) is 24.7 Å². The van der Waals surface area contributed by atoms with Crippen LogP contribution in [0.3, 0.4) is 0 Å². The third-order valence-corrected chi connectivity index (χ3v) is 3.90. The second kappa shape index (κ2) is 5.74. The molecule has 0 spiro atoms. The Morgan fingerprint density at radius 2 is 2.16 bits per heavy atom. The summed E-state index contributed by atoms with van der Waals surface area (Å²) < 4.78 is 0. The average Bonchev–Trinajstić information content (AvgIpc) is 2.77. The van der Waals surface area contributed by atoms with Gasteiger partial charge in [0.05, 0.1) is 0 Å². The number of nitrogen functional groups attached to an aromatic ring is 1. The van der Waals surface area contributed by atoms with Gasteiger partial charge in [-0.1, -0.05) is 6.92 Å². The molecule has 2 heterocycles. The molecule has 1 aromatic rings. The van der Waals surface area contributed by atoms with Crippen LogP contribution in [-0.2, 0) is 6.42 Å². The molecule has 0 aromatic carbocycles. The van der Waals surface area contributed by atoms with E-state index in [2.05, 4.69) is 40.8 Å². The number of aromatic nitrogens is 2. The van der Waals surface area contributed by atoms with Gasteiger partial charge in [0.15, 0.2) is 0 Å². The number of aryl methyl sites for hydroxylation is 1. The number of nitrogens with two attached hydrogens (primary N) is 1. The van der Waals surface area contributed by atoms with E-state index in [4.69, 9.17) is 5.73 Å². The van der Waals surface area contributed by atoms with E-state index >= 15 is 0 Å².